The van der Waals surface area contributed by atoms with Gasteiger partial charge in [-0.1, -0.05) is 18.2 Å². The van der Waals surface area contributed by atoms with Gasteiger partial charge in [-0.05, 0) is 12.1 Å². The number of rotatable bonds is 2. The molecule has 0 radical (unpaired) electrons. The Morgan fingerprint density at radius 3 is 2.41 bits per heavy atom. The lowest BCUT2D eigenvalue weighted by molar-refractivity contribution is -0.710. The van der Waals surface area contributed by atoms with Crippen LogP contribution in [0.4, 0.5) is 0 Å². The van der Waals surface area contributed by atoms with Crippen LogP contribution in [0.3, 0.4) is 0 Å². The van der Waals surface area contributed by atoms with E-state index in [0.717, 1.165) is 30.5 Å². The SMILES string of the molecule is O=C(NC1C[C@H]2CC[C@@H](C1)[NH2+]2)c1ccccc1. The van der Waals surface area contributed by atoms with E-state index in [1.807, 2.05) is 30.3 Å². The number of hydrogen-bond donors (Lipinski definition) is 2. The summed E-state index contributed by atoms with van der Waals surface area (Å²) in [6.07, 6.45) is 4.91. The Morgan fingerprint density at radius 1 is 1.12 bits per heavy atom. The standard InChI is InChI=1S/C14H18N2O/c17-14(10-4-2-1-3-5-10)16-13-8-11-6-7-12(9-13)15-11/h1-5,11-13,15H,6-9H2,(H,16,17)/p+1/t11-,12+,13?. The molecule has 2 bridgehead atoms. The first kappa shape index (κ1) is 10.8. The van der Waals surface area contributed by atoms with E-state index < -0.39 is 0 Å². The highest BCUT2D eigenvalue weighted by molar-refractivity contribution is 5.94. The Bertz CT molecular complexity index is 392. The number of carbonyl (C=O) groups excluding carboxylic acids is 1. The second kappa shape index (κ2) is 4.49. The smallest absolute Gasteiger partial charge is 0.251 e. The highest BCUT2D eigenvalue weighted by atomic mass is 16.1. The van der Waals surface area contributed by atoms with Gasteiger partial charge in [0.05, 0.1) is 12.1 Å². The third kappa shape index (κ3) is 2.34. The normalized spacial score (nSPS) is 31.2. The van der Waals surface area contributed by atoms with Crippen molar-refractivity contribution in [1.29, 1.82) is 0 Å². The molecular formula is C14H19N2O+. The maximum atomic E-state index is 12.0. The van der Waals surface area contributed by atoms with Crippen LogP contribution in [-0.2, 0) is 0 Å². The maximum Gasteiger partial charge on any atom is 0.251 e. The predicted molar refractivity (Wildman–Crippen MR) is 65.7 cm³/mol. The van der Waals surface area contributed by atoms with Crippen LogP contribution >= 0.6 is 0 Å². The van der Waals surface area contributed by atoms with Crippen LogP contribution in [0, 0.1) is 0 Å². The second-order valence-corrected chi connectivity index (χ2v) is 5.30. The highest BCUT2D eigenvalue weighted by Crippen LogP contribution is 2.21. The van der Waals surface area contributed by atoms with Gasteiger partial charge in [-0.2, -0.15) is 0 Å². The van der Waals surface area contributed by atoms with E-state index in [1.54, 1.807) is 0 Å². The molecule has 17 heavy (non-hydrogen) atoms. The van der Waals surface area contributed by atoms with Crippen molar-refractivity contribution in [1.82, 2.24) is 5.32 Å². The largest absolute Gasteiger partial charge is 0.349 e. The predicted octanol–water partition coefficient (Wildman–Crippen LogP) is 0.673. The number of benzene rings is 1. The van der Waals surface area contributed by atoms with Gasteiger partial charge in [0.15, 0.2) is 0 Å². The lowest BCUT2D eigenvalue weighted by Gasteiger charge is -2.27. The van der Waals surface area contributed by atoms with Crippen molar-refractivity contribution in [2.24, 2.45) is 0 Å². The zero-order valence-corrected chi connectivity index (χ0v) is 9.93. The summed E-state index contributed by atoms with van der Waals surface area (Å²) in [5.41, 5.74) is 0.773. The molecule has 0 saturated carbocycles. The van der Waals surface area contributed by atoms with Crippen molar-refractivity contribution >= 4 is 5.91 Å². The Kier molecular flexibility index (Phi) is 2.85. The van der Waals surface area contributed by atoms with E-state index in [1.165, 1.54) is 12.8 Å². The molecule has 1 amide bonds. The van der Waals surface area contributed by atoms with E-state index in [4.69, 9.17) is 0 Å². The monoisotopic (exact) mass is 231 g/mol. The van der Waals surface area contributed by atoms with Crippen molar-refractivity contribution in [2.75, 3.05) is 0 Å². The summed E-state index contributed by atoms with van der Waals surface area (Å²) in [4.78, 5) is 12.0. The summed E-state index contributed by atoms with van der Waals surface area (Å²) in [5.74, 6) is 0.0805. The molecule has 2 saturated heterocycles. The first-order valence-electron chi connectivity index (χ1n) is 6.52. The number of nitrogens with one attached hydrogen (secondary N) is 1. The maximum absolute atomic E-state index is 12.0. The Hall–Kier alpha value is -1.35. The minimum absolute atomic E-state index is 0.0805. The third-order valence-corrected chi connectivity index (χ3v) is 4.00. The van der Waals surface area contributed by atoms with Gasteiger partial charge in [0, 0.05) is 37.3 Å². The molecule has 1 unspecified atom stereocenters. The van der Waals surface area contributed by atoms with E-state index in [9.17, 15) is 4.79 Å². The number of hydrogen-bond acceptors (Lipinski definition) is 1. The molecule has 2 aliphatic rings. The van der Waals surface area contributed by atoms with Crippen LogP contribution in [0.25, 0.3) is 0 Å². The fourth-order valence-electron chi connectivity index (χ4n) is 3.20. The van der Waals surface area contributed by atoms with Crippen LogP contribution < -0.4 is 10.6 Å². The minimum atomic E-state index is 0.0805. The quantitative estimate of drug-likeness (QED) is 0.772. The molecular weight excluding hydrogens is 212 g/mol. The van der Waals surface area contributed by atoms with Gasteiger partial charge in [-0.3, -0.25) is 4.79 Å². The zero-order chi connectivity index (χ0) is 11.7. The van der Waals surface area contributed by atoms with Crippen LogP contribution in [-0.4, -0.2) is 24.0 Å². The topological polar surface area (TPSA) is 45.7 Å². The first-order valence-corrected chi connectivity index (χ1v) is 6.52. The second-order valence-electron chi connectivity index (χ2n) is 5.30. The van der Waals surface area contributed by atoms with Crippen molar-refractivity contribution in [2.45, 2.75) is 43.8 Å². The summed E-state index contributed by atoms with van der Waals surface area (Å²) in [7, 11) is 0. The molecule has 3 heteroatoms. The van der Waals surface area contributed by atoms with Crippen molar-refractivity contribution in [3.8, 4) is 0 Å². The third-order valence-electron chi connectivity index (χ3n) is 4.00. The van der Waals surface area contributed by atoms with Crippen LogP contribution in [0.1, 0.15) is 36.0 Å². The van der Waals surface area contributed by atoms with Gasteiger partial charge in [0.1, 0.15) is 0 Å². The molecule has 2 fully saturated rings. The van der Waals surface area contributed by atoms with Gasteiger partial charge in [0.25, 0.3) is 5.91 Å². The number of carbonyl (C=O) groups is 1. The summed E-state index contributed by atoms with van der Waals surface area (Å²) >= 11 is 0. The van der Waals surface area contributed by atoms with E-state index in [2.05, 4.69) is 10.6 Å². The number of piperidine rings is 1. The molecule has 0 aliphatic carbocycles. The first-order chi connectivity index (χ1) is 8.31. The van der Waals surface area contributed by atoms with Crippen LogP contribution in [0.15, 0.2) is 30.3 Å². The molecule has 3 rings (SSSR count). The van der Waals surface area contributed by atoms with Crippen LogP contribution in [0.5, 0.6) is 0 Å². The molecule has 3 N–H and O–H groups in total. The zero-order valence-electron chi connectivity index (χ0n) is 9.93. The van der Waals surface area contributed by atoms with Gasteiger partial charge < -0.3 is 10.6 Å². The fourth-order valence-corrected chi connectivity index (χ4v) is 3.20. The lowest BCUT2D eigenvalue weighted by atomic mass is 9.99. The van der Waals surface area contributed by atoms with Gasteiger partial charge in [-0.25, -0.2) is 0 Å². The Labute approximate surface area is 102 Å². The molecule has 3 atom stereocenters. The summed E-state index contributed by atoms with van der Waals surface area (Å²) in [5, 5.41) is 5.67. The summed E-state index contributed by atoms with van der Waals surface area (Å²) in [6.45, 7) is 0. The average molecular weight is 231 g/mol. The highest BCUT2D eigenvalue weighted by Gasteiger charge is 2.37. The summed E-state index contributed by atoms with van der Waals surface area (Å²) in [6, 6.07) is 11.4. The number of nitrogens with two attached hydrogens (primary N) is 1. The molecule has 2 aliphatic heterocycles. The van der Waals surface area contributed by atoms with Gasteiger partial charge >= 0.3 is 0 Å². The minimum Gasteiger partial charge on any atom is -0.349 e. The molecule has 0 aromatic heterocycles. The lowest BCUT2D eigenvalue weighted by Crippen LogP contribution is -2.94. The molecule has 1 aromatic rings. The molecule has 0 spiro atoms. The van der Waals surface area contributed by atoms with E-state index in [-0.39, 0.29) is 5.91 Å². The number of amides is 1. The number of quaternary nitrogens is 1. The van der Waals surface area contributed by atoms with Crippen molar-refractivity contribution in [3.05, 3.63) is 35.9 Å². The van der Waals surface area contributed by atoms with Gasteiger partial charge in [0.2, 0.25) is 0 Å². The Balaban J connectivity index is 1.62. The average Bonchev–Trinajstić information content (AvgIpc) is 2.70. The molecule has 1 aromatic carbocycles. The number of fused-ring (bicyclic) bond motifs is 2. The van der Waals surface area contributed by atoms with Crippen molar-refractivity contribution in [3.63, 3.8) is 0 Å². The van der Waals surface area contributed by atoms with Crippen molar-refractivity contribution < 1.29 is 10.1 Å². The van der Waals surface area contributed by atoms with Crippen LogP contribution in [0.2, 0.25) is 0 Å². The van der Waals surface area contributed by atoms with Gasteiger partial charge in [-0.15, -0.1) is 0 Å². The van der Waals surface area contributed by atoms with E-state index in [0.29, 0.717) is 6.04 Å². The fraction of sp³-hybridized carbons (Fsp3) is 0.500. The molecule has 90 valence electrons. The summed E-state index contributed by atoms with van der Waals surface area (Å²) < 4.78 is 0. The molecule has 3 nitrogen and oxygen atoms in total. The van der Waals surface area contributed by atoms with E-state index >= 15 is 0 Å². The molecule has 2 heterocycles. The Morgan fingerprint density at radius 2 is 1.76 bits per heavy atom.